The minimum absolute atomic E-state index is 0.659. The van der Waals surface area contributed by atoms with Crippen LogP contribution in [0.5, 0.6) is 0 Å². The highest BCUT2D eigenvalue weighted by atomic mass is 32.1. The summed E-state index contributed by atoms with van der Waals surface area (Å²) in [6.45, 7) is 1.08. The van der Waals surface area contributed by atoms with Crippen LogP contribution in [0.2, 0.25) is 0 Å². The number of rotatable bonds is 4. The lowest BCUT2D eigenvalue weighted by molar-refractivity contribution is 0.595. The van der Waals surface area contributed by atoms with Crippen LogP contribution in [0.25, 0.3) is 0 Å². The second-order valence-corrected chi connectivity index (χ2v) is 5.92. The Morgan fingerprint density at radius 2 is 2.16 bits per heavy atom. The molecule has 102 valence electrons. The van der Waals surface area contributed by atoms with Crippen LogP contribution in [-0.2, 0) is 25.8 Å². The normalized spacial score (nSPS) is 15.2. The van der Waals surface area contributed by atoms with Crippen molar-refractivity contribution in [3.63, 3.8) is 0 Å². The molecule has 0 aliphatic carbocycles. The molecule has 5 nitrogen and oxygen atoms in total. The Bertz CT molecular complexity index is 545. The first kappa shape index (κ1) is 12.6. The molecule has 0 aromatic carbocycles. The van der Waals surface area contributed by atoms with E-state index >= 15 is 0 Å². The monoisotopic (exact) mass is 277 g/mol. The molecule has 1 aliphatic heterocycles. The molecule has 0 saturated heterocycles. The van der Waals surface area contributed by atoms with Gasteiger partial charge in [0.2, 0.25) is 0 Å². The summed E-state index contributed by atoms with van der Waals surface area (Å²) in [6.07, 6.45) is 7.88. The van der Waals surface area contributed by atoms with Crippen molar-refractivity contribution in [3.8, 4) is 0 Å². The number of hydrogen-bond acceptors (Lipinski definition) is 5. The van der Waals surface area contributed by atoms with E-state index in [0.717, 1.165) is 43.7 Å². The van der Waals surface area contributed by atoms with Gasteiger partial charge >= 0.3 is 0 Å². The molecule has 0 bridgehead atoms. The van der Waals surface area contributed by atoms with E-state index in [0.29, 0.717) is 5.13 Å². The van der Waals surface area contributed by atoms with Crippen LogP contribution in [-0.4, -0.2) is 19.7 Å². The molecule has 19 heavy (non-hydrogen) atoms. The summed E-state index contributed by atoms with van der Waals surface area (Å²) in [5.41, 5.74) is 6.73. The second kappa shape index (κ2) is 5.69. The summed E-state index contributed by atoms with van der Waals surface area (Å²) in [4.78, 5) is 4.29. The largest absolute Gasteiger partial charge is 0.375 e. The standard InChI is InChI=1S/C13H19N5S/c14-13-15-10(9-19-13)5-4-7-12-17-16-11-6-2-1-3-8-18(11)12/h9H,1-8H2,(H2,14,15). The molecule has 0 atom stereocenters. The third-order valence-corrected chi connectivity index (χ3v) is 4.31. The SMILES string of the molecule is Nc1nc(CCCc2nnc3n2CCCCC3)cs1. The van der Waals surface area contributed by atoms with Gasteiger partial charge in [-0.2, -0.15) is 0 Å². The van der Waals surface area contributed by atoms with Gasteiger partial charge in [0.05, 0.1) is 5.69 Å². The number of thiazole rings is 1. The third-order valence-electron chi connectivity index (χ3n) is 3.59. The first-order chi connectivity index (χ1) is 9.33. The summed E-state index contributed by atoms with van der Waals surface area (Å²) in [6, 6.07) is 0. The summed E-state index contributed by atoms with van der Waals surface area (Å²) >= 11 is 1.51. The topological polar surface area (TPSA) is 69.6 Å². The number of nitrogens with zero attached hydrogens (tertiary/aromatic N) is 4. The van der Waals surface area contributed by atoms with E-state index in [1.807, 2.05) is 5.38 Å². The molecule has 1 aliphatic rings. The minimum Gasteiger partial charge on any atom is -0.375 e. The zero-order chi connectivity index (χ0) is 13.1. The highest BCUT2D eigenvalue weighted by Crippen LogP contribution is 2.17. The Morgan fingerprint density at radius 3 is 3.00 bits per heavy atom. The Kier molecular flexibility index (Phi) is 3.77. The van der Waals surface area contributed by atoms with Crippen molar-refractivity contribution in [1.29, 1.82) is 0 Å². The molecule has 0 unspecified atom stereocenters. The van der Waals surface area contributed by atoms with Crippen molar-refractivity contribution < 1.29 is 0 Å². The molecule has 0 spiro atoms. The number of anilines is 1. The van der Waals surface area contributed by atoms with Crippen molar-refractivity contribution >= 4 is 16.5 Å². The van der Waals surface area contributed by atoms with E-state index in [1.165, 1.54) is 36.4 Å². The lowest BCUT2D eigenvalue weighted by atomic mass is 10.2. The van der Waals surface area contributed by atoms with Crippen LogP contribution in [0.4, 0.5) is 5.13 Å². The molecule has 0 radical (unpaired) electrons. The van der Waals surface area contributed by atoms with Crippen molar-refractivity contribution in [2.45, 2.75) is 51.5 Å². The van der Waals surface area contributed by atoms with Gasteiger partial charge in [-0.3, -0.25) is 0 Å². The zero-order valence-electron chi connectivity index (χ0n) is 11.0. The van der Waals surface area contributed by atoms with Gasteiger partial charge in [0.1, 0.15) is 11.6 Å². The van der Waals surface area contributed by atoms with Crippen molar-refractivity contribution in [2.75, 3.05) is 5.73 Å². The van der Waals surface area contributed by atoms with E-state index in [1.54, 1.807) is 0 Å². The lowest BCUT2D eigenvalue weighted by Gasteiger charge is -2.06. The third kappa shape index (κ3) is 2.94. The Labute approximate surface area is 116 Å². The minimum atomic E-state index is 0.659. The average Bonchev–Trinajstić information content (AvgIpc) is 2.90. The molecule has 2 aromatic rings. The zero-order valence-corrected chi connectivity index (χ0v) is 11.8. The van der Waals surface area contributed by atoms with Gasteiger partial charge in [-0.25, -0.2) is 4.98 Å². The molecule has 2 aromatic heterocycles. The second-order valence-electron chi connectivity index (χ2n) is 5.03. The van der Waals surface area contributed by atoms with Gasteiger partial charge < -0.3 is 10.3 Å². The maximum Gasteiger partial charge on any atom is 0.180 e. The maximum absolute atomic E-state index is 5.63. The van der Waals surface area contributed by atoms with Crippen LogP contribution < -0.4 is 5.73 Å². The number of nitrogen functional groups attached to an aromatic ring is 1. The van der Waals surface area contributed by atoms with Crippen molar-refractivity contribution in [1.82, 2.24) is 19.7 Å². The number of hydrogen-bond donors (Lipinski definition) is 1. The fourth-order valence-corrected chi connectivity index (χ4v) is 3.19. The highest BCUT2D eigenvalue weighted by molar-refractivity contribution is 7.13. The first-order valence-corrected chi connectivity index (χ1v) is 7.82. The quantitative estimate of drug-likeness (QED) is 0.930. The molecule has 0 saturated carbocycles. The highest BCUT2D eigenvalue weighted by Gasteiger charge is 2.14. The van der Waals surface area contributed by atoms with Crippen LogP contribution in [0.15, 0.2) is 5.38 Å². The van der Waals surface area contributed by atoms with E-state index < -0.39 is 0 Å². The molecule has 0 fully saturated rings. The molecular formula is C13H19N5S. The molecule has 6 heteroatoms. The van der Waals surface area contributed by atoms with Crippen LogP contribution in [0.3, 0.4) is 0 Å². The van der Waals surface area contributed by atoms with Gasteiger partial charge in [-0.1, -0.05) is 6.42 Å². The van der Waals surface area contributed by atoms with Crippen LogP contribution >= 0.6 is 11.3 Å². The average molecular weight is 277 g/mol. The smallest absolute Gasteiger partial charge is 0.180 e. The van der Waals surface area contributed by atoms with Gasteiger partial charge in [0, 0.05) is 24.8 Å². The van der Waals surface area contributed by atoms with E-state index in [2.05, 4.69) is 19.7 Å². The summed E-state index contributed by atoms with van der Waals surface area (Å²) in [5, 5.41) is 11.4. The predicted molar refractivity (Wildman–Crippen MR) is 76.1 cm³/mol. The fraction of sp³-hybridized carbons (Fsp3) is 0.615. The van der Waals surface area contributed by atoms with Gasteiger partial charge in [0.15, 0.2) is 5.13 Å². The van der Waals surface area contributed by atoms with Gasteiger partial charge in [-0.05, 0) is 25.7 Å². The summed E-state index contributed by atoms with van der Waals surface area (Å²) in [5.74, 6) is 2.31. The van der Waals surface area contributed by atoms with Gasteiger partial charge in [-0.15, -0.1) is 21.5 Å². The number of fused-ring (bicyclic) bond motifs is 1. The van der Waals surface area contributed by atoms with Crippen LogP contribution in [0.1, 0.15) is 43.0 Å². The molecule has 2 N–H and O–H groups in total. The fourth-order valence-electron chi connectivity index (χ4n) is 2.60. The molecule has 3 rings (SSSR count). The number of aryl methyl sites for hydroxylation is 3. The summed E-state index contributed by atoms with van der Waals surface area (Å²) in [7, 11) is 0. The lowest BCUT2D eigenvalue weighted by Crippen LogP contribution is -2.06. The summed E-state index contributed by atoms with van der Waals surface area (Å²) < 4.78 is 2.32. The van der Waals surface area contributed by atoms with Gasteiger partial charge in [0.25, 0.3) is 0 Å². The van der Waals surface area contributed by atoms with Crippen LogP contribution in [0, 0.1) is 0 Å². The van der Waals surface area contributed by atoms with Crippen molar-refractivity contribution in [2.24, 2.45) is 0 Å². The van der Waals surface area contributed by atoms with E-state index in [-0.39, 0.29) is 0 Å². The Morgan fingerprint density at radius 1 is 1.21 bits per heavy atom. The van der Waals surface area contributed by atoms with E-state index in [9.17, 15) is 0 Å². The molecule has 0 amide bonds. The first-order valence-electron chi connectivity index (χ1n) is 6.94. The predicted octanol–water partition coefficient (Wildman–Crippen LogP) is 2.22. The maximum atomic E-state index is 5.63. The Hall–Kier alpha value is -1.43. The Balaban J connectivity index is 1.59. The molecular weight excluding hydrogens is 258 g/mol. The van der Waals surface area contributed by atoms with Crippen molar-refractivity contribution in [3.05, 3.63) is 22.7 Å². The molecule has 3 heterocycles. The number of aromatic nitrogens is 4. The van der Waals surface area contributed by atoms with E-state index in [4.69, 9.17) is 5.73 Å². The number of nitrogens with two attached hydrogens (primary N) is 1.